The number of nitrogens with two attached hydrogens (primary N) is 1. The van der Waals surface area contributed by atoms with Gasteiger partial charge in [-0.05, 0) is 36.8 Å². The number of hydrogen-bond acceptors (Lipinski definition) is 5. The highest BCUT2D eigenvalue weighted by Crippen LogP contribution is 2.28. The van der Waals surface area contributed by atoms with Gasteiger partial charge in [0.25, 0.3) is 0 Å². The predicted octanol–water partition coefficient (Wildman–Crippen LogP) is 1.45. The Morgan fingerprint density at radius 2 is 2.32 bits per heavy atom. The van der Waals surface area contributed by atoms with Gasteiger partial charge < -0.3 is 10.5 Å². The lowest BCUT2D eigenvalue weighted by molar-refractivity contribution is 0.402. The van der Waals surface area contributed by atoms with Gasteiger partial charge >= 0.3 is 0 Å². The van der Waals surface area contributed by atoms with E-state index in [1.54, 1.807) is 12.1 Å². The number of thioether (sulfide) groups is 1. The van der Waals surface area contributed by atoms with Crippen molar-refractivity contribution in [3.05, 3.63) is 18.2 Å². The van der Waals surface area contributed by atoms with Crippen molar-refractivity contribution in [1.82, 2.24) is 4.72 Å². The molecule has 7 heteroatoms. The van der Waals surface area contributed by atoms with Crippen LogP contribution in [0.3, 0.4) is 0 Å². The van der Waals surface area contributed by atoms with E-state index in [4.69, 9.17) is 10.5 Å². The van der Waals surface area contributed by atoms with Crippen molar-refractivity contribution in [1.29, 1.82) is 0 Å². The average Bonchev–Trinajstić information content (AvgIpc) is 2.89. The zero-order valence-corrected chi connectivity index (χ0v) is 12.4. The van der Waals surface area contributed by atoms with Crippen LogP contribution >= 0.6 is 11.8 Å². The molecule has 19 heavy (non-hydrogen) atoms. The zero-order valence-electron chi connectivity index (χ0n) is 10.8. The van der Waals surface area contributed by atoms with Crippen LogP contribution in [0.2, 0.25) is 0 Å². The van der Waals surface area contributed by atoms with Crippen molar-refractivity contribution in [2.24, 2.45) is 0 Å². The quantitative estimate of drug-likeness (QED) is 0.805. The number of benzene rings is 1. The number of nitrogens with one attached hydrogen (secondary N) is 1. The molecule has 1 saturated heterocycles. The minimum Gasteiger partial charge on any atom is -0.495 e. The molecule has 0 saturated carbocycles. The summed E-state index contributed by atoms with van der Waals surface area (Å²) in [7, 11) is -2.14. The molecule has 0 spiro atoms. The van der Waals surface area contributed by atoms with Crippen molar-refractivity contribution < 1.29 is 13.2 Å². The van der Waals surface area contributed by atoms with E-state index < -0.39 is 10.0 Å². The lowest BCUT2D eigenvalue weighted by atomic mass is 10.2. The Balaban J connectivity index is 2.16. The molecule has 0 aliphatic carbocycles. The molecule has 1 aromatic carbocycles. The summed E-state index contributed by atoms with van der Waals surface area (Å²) in [6.45, 7) is 0.449. The van der Waals surface area contributed by atoms with Gasteiger partial charge in [0.1, 0.15) is 10.6 Å². The Morgan fingerprint density at radius 1 is 1.53 bits per heavy atom. The predicted molar refractivity (Wildman–Crippen MR) is 78.1 cm³/mol. The summed E-state index contributed by atoms with van der Waals surface area (Å²) in [4.78, 5) is 0.0954. The fourth-order valence-corrected chi connectivity index (χ4v) is 4.58. The fourth-order valence-electron chi connectivity index (χ4n) is 1.99. The Kier molecular flexibility index (Phi) is 4.59. The van der Waals surface area contributed by atoms with Crippen LogP contribution in [0.4, 0.5) is 5.69 Å². The molecule has 1 fully saturated rings. The first-order chi connectivity index (χ1) is 9.03. The summed E-state index contributed by atoms with van der Waals surface area (Å²) in [5, 5.41) is 0.363. The lowest BCUT2D eigenvalue weighted by Crippen LogP contribution is -2.30. The molecule has 1 atom stereocenters. The van der Waals surface area contributed by atoms with Gasteiger partial charge in [0.15, 0.2) is 0 Å². The maximum absolute atomic E-state index is 12.3. The first-order valence-corrected chi connectivity index (χ1v) is 8.61. The molecule has 2 rings (SSSR count). The molecule has 1 aliphatic heterocycles. The molecule has 0 aromatic heterocycles. The van der Waals surface area contributed by atoms with Crippen LogP contribution < -0.4 is 15.2 Å². The summed E-state index contributed by atoms with van der Waals surface area (Å²) < 4.78 is 32.2. The number of hydrogen-bond donors (Lipinski definition) is 2. The molecule has 1 aromatic rings. The molecular weight excluding hydrogens is 284 g/mol. The lowest BCUT2D eigenvalue weighted by Gasteiger charge is -2.13. The Labute approximate surface area is 118 Å². The smallest absolute Gasteiger partial charge is 0.244 e. The second kappa shape index (κ2) is 6.02. The largest absolute Gasteiger partial charge is 0.495 e. The van der Waals surface area contributed by atoms with E-state index in [9.17, 15) is 8.42 Å². The number of nitrogen functional groups attached to an aromatic ring is 1. The zero-order chi connectivity index (χ0) is 13.9. The van der Waals surface area contributed by atoms with Crippen LogP contribution in [-0.2, 0) is 10.0 Å². The SMILES string of the molecule is COc1ccc(N)cc1S(=O)(=O)NCC1CCCS1. The standard InChI is InChI=1S/C12H18N2O3S2/c1-17-11-5-4-9(13)7-12(11)19(15,16)14-8-10-3-2-6-18-10/h4-5,7,10,14H,2-3,6,8,13H2,1H3. The highest BCUT2D eigenvalue weighted by atomic mass is 32.2. The fraction of sp³-hybridized carbons (Fsp3) is 0.500. The highest BCUT2D eigenvalue weighted by molar-refractivity contribution is 8.00. The molecule has 3 N–H and O–H groups in total. The van der Waals surface area contributed by atoms with Gasteiger partial charge in [-0.1, -0.05) is 0 Å². The van der Waals surface area contributed by atoms with Gasteiger partial charge in [-0.15, -0.1) is 0 Å². The first-order valence-electron chi connectivity index (χ1n) is 6.08. The third kappa shape index (κ3) is 3.55. The van der Waals surface area contributed by atoms with E-state index in [1.807, 2.05) is 11.8 Å². The van der Waals surface area contributed by atoms with Crippen molar-refractivity contribution in [3.63, 3.8) is 0 Å². The summed E-state index contributed by atoms with van der Waals surface area (Å²) in [6, 6.07) is 4.60. The normalized spacial score (nSPS) is 19.5. The van der Waals surface area contributed by atoms with Gasteiger partial charge in [0.2, 0.25) is 10.0 Å². The van der Waals surface area contributed by atoms with E-state index in [0.29, 0.717) is 23.2 Å². The van der Waals surface area contributed by atoms with Gasteiger partial charge in [-0.25, -0.2) is 13.1 Å². The Bertz CT molecular complexity index is 540. The third-order valence-corrected chi connectivity index (χ3v) is 5.85. The van der Waals surface area contributed by atoms with Crippen molar-refractivity contribution in [3.8, 4) is 5.75 Å². The molecule has 1 unspecified atom stereocenters. The van der Waals surface area contributed by atoms with Crippen LogP contribution in [0, 0.1) is 0 Å². The van der Waals surface area contributed by atoms with E-state index in [-0.39, 0.29) is 4.90 Å². The molecule has 1 heterocycles. The summed E-state index contributed by atoms with van der Waals surface area (Å²) in [6.07, 6.45) is 2.21. The van der Waals surface area contributed by atoms with E-state index in [0.717, 1.165) is 18.6 Å². The first kappa shape index (κ1) is 14.5. The van der Waals surface area contributed by atoms with Crippen molar-refractivity contribution >= 4 is 27.5 Å². The average molecular weight is 302 g/mol. The van der Waals surface area contributed by atoms with Gasteiger partial charge in [-0.2, -0.15) is 11.8 Å². The Morgan fingerprint density at radius 3 is 2.95 bits per heavy atom. The van der Waals surface area contributed by atoms with Crippen LogP contribution in [-0.4, -0.2) is 33.1 Å². The van der Waals surface area contributed by atoms with Crippen LogP contribution in [0.15, 0.2) is 23.1 Å². The number of anilines is 1. The van der Waals surface area contributed by atoms with Crippen LogP contribution in [0.25, 0.3) is 0 Å². The van der Waals surface area contributed by atoms with Gasteiger partial charge in [0.05, 0.1) is 7.11 Å². The molecule has 106 valence electrons. The van der Waals surface area contributed by atoms with Gasteiger partial charge in [-0.3, -0.25) is 0 Å². The number of ether oxygens (including phenoxy) is 1. The highest BCUT2D eigenvalue weighted by Gasteiger charge is 2.23. The number of methoxy groups -OCH3 is 1. The maximum Gasteiger partial charge on any atom is 0.244 e. The summed E-state index contributed by atoms with van der Waals surface area (Å²) in [5.74, 6) is 1.41. The molecule has 5 nitrogen and oxygen atoms in total. The number of rotatable bonds is 5. The molecule has 0 amide bonds. The molecule has 1 aliphatic rings. The topological polar surface area (TPSA) is 81.4 Å². The van der Waals surface area contributed by atoms with E-state index in [2.05, 4.69) is 4.72 Å². The summed E-state index contributed by atoms with van der Waals surface area (Å²) >= 11 is 1.81. The maximum atomic E-state index is 12.3. The third-order valence-electron chi connectivity index (χ3n) is 3.00. The van der Waals surface area contributed by atoms with E-state index in [1.165, 1.54) is 13.2 Å². The van der Waals surface area contributed by atoms with E-state index >= 15 is 0 Å². The molecule has 0 bridgehead atoms. The van der Waals surface area contributed by atoms with Gasteiger partial charge in [0, 0.05) is 17.5 Å². The molecular formula is C12H18N2O3S2. The Hall–Kier alpha value is -0.920. The van der Waals surface area contributed by atoms with Crippen molar-refractivity contribution in [2.45, 2.75) is 23.0 Å². The second-order valence-electron chi connectivity index (χ2n) is 4.40. The van der Waals surface area contributed by atoms with Crippen LogP contribution in [0.1, 0.15) is 12.8 Å². The monoisotopic (exact) mass is 302 g/mol. The second-order valence-corrected chi connectivity index (χ2v) is 7.54. The molecule has 0 radical (unpaired) electrons. The summed E-state index contributed by atoms with van der Waals surface area (Å²) in [5.41, 5.74) is 6.04. The minimum absolute atomic E-state index is 0.0954. The van der Waals surface area contributed by atoms with Crippen molar-refractivity contribution in [2.75, 3.05) is 25.1 Å². The van der Waals surface area contributed by atoms with Crippen LogP contribution in [0.5, 0.6) is 5.75 Å². The number of sulfonamides is 1. The minimum atomic E-state index is -3.58.